The molecule has 0 saturated heterocycles. The van der Waals surface area contributed by atoms with E-state index in [9.17, 15) is 9.59 Å². The lowest BCUT2D eigenvalue weighted by molar-refractivity contribution is 0.0702. The van der Waals surface area contributed by atoms with Gasteiger partial charge in [0.15, 0.2) is 0 Å². The minimum Gasteiger partial charge on any atom is -0.395 e. The van der Waals surface area contributed by atoms with E-state index in [1.165, 1.54) is 11.1 Å². The van der Waals surface area contributed by atoms with E-state index in [0.29, 0.717) is 6.54 Å². The number of aliphatic hydroxyl groups excluding tert-OH is 1. The van der Waals surface area contributed by atoms with Gasteiger partial charge in [-0.15, -0.1) is 0 Å². The molecule has 100 valence electrons. The molecule has 1 heterocycles. The van der Waals surface area contributed by atoms with E-state index in [-0.39, 0.29) is 24.8 Å². The average Bonchev–Trinajstić information content (AvgIpc) is 2.85. The van der Waals surface area contributed by atoms with Crippen molar-refractivity contribution in [3.05, 3.63) is 58.3 Å². The van der Waals surface area contributed by atoms with Crippen molar-refractivity contribution in [3.8, 4) is 0 Å². The van der Waals surface area contributed by atoms with Crippen molar-refractivity contribution in [1.82, 2.24) is 14.9 Å². The molecule has 2 aromatic rings. The number of H-pyrrole nitrogens is 2. The minimum atomic E-state index is -0.424. The molecule has 0 bridgehead atoms. The van der Waals surface area contributed by atoms with Gasteiger partial charge in [0, 0.05) is 19.3 Å². The van der Waals surface area contributed by atoms with Gasteiger partial charge >= 0.3 is 5.69 Å². The third kappa shape index (κ3) is 3.32. The zero-order valence-electron chi connectivity index (χ0n) is 10.3. The van der Waals surface area contributed by atoms with Crippen LogP contribution in [0.5, 0.6) is 0 Å². The molecule has 1 amide bonds. The van der Waals surface area contributed by atoms with E-state index in [1.807, 2.05) is 30.3 Å². The molecular weight excluding hydrogens is 246 g/mol. The summed E-state index contributed by atoms with van der Waals surface area (Å²) >= 11 is 0. The maximum atomic E-state index is 12.2. The maximum Gasteiger partial charge on any atom is 0.323 e. The van der Waals surface area contributed by atoms with Crippen molar-refractivity contribution in [2.75, 3.05) is 13.2 Å². The Balaban J connectivity index is 2.15. The summed E-state index contributed by atoms with van der Waals surface area (Å²) in [5.41, 5.74) is 0.726. The largest absolute Gasteiger partial charge is 0.395 e. The predicted octanol–water partition coefficient (Wildman–Crippen LogP) is 0.338. The zero-order valence-corrected chi connectivity index (χ0v) is 10.3. The second kappa shape index (κ2) is 6.01. The van der Waals surface area contributed by atoms with Gasteiger partial charge in [-0.3, -0.25) is 4.79 Å². The lowest BCUT2D eigenvalue weighted by Crippen LogP contribution is -2.33. The summed E-state index contributed by atoms with van der Waals surface area (Å²) < 4.78 is 0. The van der Waals surface area contributed by atoms with Gasteiger partial charge in [-0.1, -0.05) is 30.3 Å². The number of imidazole rings is 1. The molecule has 0 unspecified atom stereocenters. The number of aromatic nitrogens is 2. The first-order valence-electron chi connectivity index (χ1n) is 5.92. The van der Waals surface area contributed by atoms with Crippen LogP contribution in [0.15, 0.2) is 41.3 Å². The Labute approximate surface area is 109 Å². The normalized spacial score (nSPS) is 10.4. The van der Waals surface area contributed by atoms with Gasteiger partial charge in [-0.2, -0.15) is 0 Å². The molecule has 1 aromatic heterocycles. The van der Waals surface area contributed by atoms with Gasteiger partial charge in [0.1, 0.15) is 5.69 Å². The fraction of sp³-hybridized carbons (Fsp3) is 0.231. The number of amides is 1. The standard InChI is InChI=1S/C13H15N3O3/c17-7-6-16(9-10-4-2-1-3-5-10)12(18)11-8-14-13(19)15-11/h1-5,8,17H,6-7,9H2,(H2,14,15,19). The van der Waals surface area contributed by atoms with Crippen LogP contribution >= 0.6 is 0 Å². The Morgan fingerprint density at radius 1 is 1.26 bits per heavy atom. The van der Waals surface area contributed by atoms with Gasteiger partial charge in [0.25, 0.3) is 5.91 Å². The van der Waals surface area contributed by atoms with Crippen LogP contribution in [0.4, 0.5) is 0 Å². The van der Waals surface area contributed by atoms with Gasteiger partial charge in [0.05, 0.1) is 6.61 Å². The van der Waals surface area contributed by atoms with Gasteiger partial charge in [0.2, 0.25) is 0 Å². The third-order valence-electron chi connectivity index (χ3n) is 2.70. The number of hydrogen-bond acceptors (Lipinski definition) is 3. The molecule has 19 heavy (non-hydrogen) atoms. The van der Waals surface area contributed by atoms with Crippen LogP contribution in [-0.2, 0) is 6.54 Å². The number of rotatable bonds is 5. The van der Waals surface area contributed by atoms with Crippen molar-refractivity contribution < 1.29 is 9.90 Å². The Kier molecular flexibility index (Phi) is 4.15. The highest BCUT2D eigenvalue weighted by molar-refractivity contribution is 5.92. The molecule has 6 heteroatoms. The van der Waals surface area contributed by atoms with Crippen LogP contribution in [0.25, 0.3) is 0 Å². The third-order valence-corrected chi connectivity index (χ3v) is 2.70. The Morgan fingerprint density at radius 3 is 2.58 bits per heavy atom. The smallest absolute Gasteiger partial charge is 0.323 e. The molecule has 0 radical (unpaired) electrons. The lowest BCUT2D eigenvalue weighted by Gasteiger charge is -2.21. The number of carbonyl (C=O) groups excluding carboxylic acids is 1. The van der Waals surface area contributed by atoms with Crippen molar-refractivity contribution in [1.29, 1.82) is 0 Å². The molecule has 0 aliphatic carbocycles. The van der Waals surface area contributed by atoms with E-state index < -0.39 is 5.69 Å². The molecule has 0 spiro atoms. The number of hydrogen-bond donors (Lipinski definition) is 3. The minimum absolute atomic E-state index is 0.132. The predicted molar refractivity (Wildman–Crippen MR) is 69.7 cm³/mol. The molecule has 1 aromatic carbocycles. The second-order valence-corrected chi connectivity index (χ2v) is 4.09. The molecular formula is C13H15N3O3. The Bertz CT molecular complexity index is 588. The van der Waals surface area contributed by atoms with E-state index in [1.54, 1.807) is 0 Å². The number of nitrogens with zero attached hydrogens (tertiary/aromatic N) is 1. The first-order chi connectivity index (χ1) is 9.20. The van der Waals surface area contributed by atoms with E-state index in [0.717, 1.165) is 5.56 Å². The molecule has 0 atom stereocenters. The number of carbonyl (C=O) groups is 1. The van der Waals surface area contributed by atoms with E-state index >= 15 is 0 Å². The Morgan fingerprint density at radius 2 is 2.00 bits per heavy atom. The van der Waals surface area contributed by atoms with Crippen molar-refractivity contribution in [2.24, 2.45) is 0 Å². The van der Waals surface area contributed by atoms with Crippen molar-refractivity contribution in [3.63, 3.8) is 0 Å². The number of nitrogens with one attached hydrogen (secondary N) is 2. The molecule has 2 rings (SSSR count). The number of benzene rings is 1. The first kappa shape index (κ1) is 13.1. The molecule has 0 aliphatic heterocycles. The van der Waals surface area contributed by atoms with Crippen molar-refractivity contribution in [2.45, 2.75) is 6.54 Å². The van der Waals surface area contributed by atoms with Crippen LogP contribution in [0.1, 0.15) is 16.1 Å². The van der Waals surface area contributed by atoms with Crippen LogP contribution in [0.3, 0.4) is 0 Å². The fourth-order valence-electron chi connectivity index (χ4n) is 1.79. The van der Waals surface area contributed by atoms with E-state index in [4.69, 9.17) is 5.11 Å². The zero-order chi connectivity index (χ0) is 13.7. The first-order valence-corrected chi connectivity index (χ1v) is 5.92. The highest BCUT2D eigenvalue weighted by Gasteiger charge is 2.17. The second-order valence-electron chi connectivity index (χ2n) is 4.09. The van der Waals surface area contributed by atoms with Crippen molar-refractivity contribution >= 4 is 5.91 Å². The molecule has 0 saturated carbocycles. The fourth-order valence-corrected chi connectivity index (χ4v) is 1.79. The van der Waals surface area contributed by atoms with Crippen LogP contribution in [0, 0.1) is 0 Å². The van der Waals surface area contributed by atoms with E-state index in [2.05, 4.69) is 9.97 Å². The van der Waals surface area contributed by atoms with Crippen LogP contribution in [0.2, 0.25) is 0 Å². The summed E-state index contributed by atoms with van der Waals surface area (Å²) in [5, 5.41) is 9.04. The van der Waals surface area contributed by atoms with Gasteiger partial charge < -0.3 is 20.0 Å². The quantitative estimate of drug-likeness (QED) is 0.725. The highest BCUT2D eigenvalue weighted by atomic mass is 16.3. The molecule has 3 N–H and O–H groups in total. The average molecular weight is 261 g/mol. The summed E-state index contributed by atoms with van der Waals surface area (Å²) in [6.45, 7) is 0.460. The Hall–Kier alpha value is -2.34. The summed E-state index contributed by atoms with van der Waals surface area (Å²) in [6.07, 6.45) is 1.33. The summed E-state index contributed by atoms with van der Waals surface area (Å²) in [7, 11) is 0. The molecule has 6 nitrogen and oxygen atoms in total. The molecule has 0 fully saturated rings. The topological polar surface area (TPSA) is 89.2 Å². The molecule has 0 aliphatic rings. The lowest BCUT2D eigenvalue weighted by atomic mass is 10.2. The highest BCUT2D eigenvalue weighted by Crippen LogP contribution is 2.07. The summed E-state index contributed by atoms with van der Waals surface area (Å²) in [4.78, 5) is 29.5. The summed E-state index contributed by atoms with van der Waals surface area (Å²) in [6, 6.07) is 9.46. The SMILES string of the molecule is O=C(c1c[nH]c(=O)[nH]1)N(CCO)Cc1ccccc1. The van der Waals surface area contributed by atoms with Crippen LogP contribution < -0.4 is 5.69 Å². The summed E-state index contributed by atoms with van der Waals surface area (Å²) in [5.74, 6) is -0.323. The van der Waals surface area contributed by atoms with Crippen LogP contribution in [-0.4, -0.2) is 39.0 Å². The van der Waals surface area contributed by atoms with Gasteiger partial charge in [-0.25, -0.2) is 4.79 Å². The number of aliphatic hydroxyl groups is 1. The number of aromatic amines is 2. The van der Waals surface area contributed by atoms with Gasteiger partial charge in [-0.05, 0) is 5.56 Å². The monoisotopic (exact) mass is 261 g/mol. The maximum absolute atomic E-state index is 12.2.